The fourth-order valence-corrected chi connectivity index (χ4v) is 3.95. The SMILES string of the molecule is Cc1nc2cc(CNC(=O)c3cc(C(=O)N[C@@H](C(N)=O)c4ccc(C(=O)O)cc4)n4c(=O)onc4n3)ccc2o1. The second-order valence-electron chi connectivity index (χ2n) is 8.56. The molecule has 5 rings (SSSR count). The van der Waals surface area contributed by atoms with Gasteiger partial charge in [-0.25, -0.2) is 24.0 Å². The van der Waals surface area contributed by atoms with Gasteiger partial charge in [-0.3, -0.25) is 18.9 Å². The number of nitrogens with two attached hydrogens (primary N) is 1. The standard InChI is InChI=1S/C25H19N7O8/c1-11-28-15-8-12(2-7-18(15)39-11)10-27-21(34)16-9-17(32-24(29-16)31-40-25(32)38)22(35)30-19(20(26)33)13-3-5-14(6-4-13)23(36)37/h2-9,19H,10H2,1H3,(H2,26,33)(H,27,34)(H,30,35)(H,36,37)/t19-/m1/s1. The highest BCUT2D eigenvalue weighted by Gasteiger charge is 2.26. The van der Waals surface area contributed by atoms with E-state index in [2.05, 4.69) is 30.3 Å². The number of carboxylic acids is 1. The Bertz CT molecular complexity index is 1870. The number of aryl methyl sites for hydroxylation is 1. The predicted molar refractivity (Wildman–Crippen MR) is 134 cm³/mol. The number of nitrogens with zero attached hydrogens (tertiary/aromatic N) is 4. The van der Waals surface area contributed by atoms with Crippen molar-refractivity contribution >= 4 is 40.6 Å². The number of carbonyl (C=O) groups excluding carboxylic acids is 3. The Hall–Kier alpha value is -5.86. The maximum Gasteiger partial charge on any atom is 0.448 e. The fourth-order valence-electron chi connectivity index (χ4n) is 3.95. The summed E-state index contributed by atoms with van der Waals surface area (Å²) in [5.41, 5.74) is 6.86. The minimum absolute atomic E-state index is 0.0446. The molecule has 3 aromatic heterocycles. The Morgan fingerprint density at radius 3 is 2.50 bits per heavy atom. The van der Waals surface area contributed by atoms with Gasteiger partial charge < -0.3 is 25.9 Å². The molecule has 202 valence electrons. The number of hydrogen-bond acceptors (Lipinski definition) is 10. The van der Waals surface area contributed by atoms with Crippen molar-refractivity contribution in [3.8, 4) is 0 Å². The summed E-state index contributed by atoms with van der Waals surface area (Å²) in [5, 5.41) is 17.6. The van der Waals surface area contributed by atoms with Crippen LogP contribution in [0.4, 0.5) is 0 Å². The number of aromatic nitrogens is 4. The van der Waals surface area contributed by atoms with Crippen LogP contribution < -0.4 is 22.1 Å². The third kappa shape index (κ3) is 4.98. The van der Waals surface area contributed by atoms with E-state index < -0.39 is 41.2 Å². The van der Waals surface area contributed by atoms with E-state index in [1.165, 1.54) is 24.3 Å². The molecule has 0 radical (unpaired) electrons. The van der Waals surface area contributed by atoms with Gasteiger partial charge in [-0.2, -0.15) is 0 Å². The number of oxazole rings is 1. The molecule has 5 N–H and O–H groups in total. The molecule has 0 saturated heterocycles. The monoisotopic (exact) mass is 545 g/mol. The van der Waals surface area contributed by atoms with Crippen LogP contribution in [0.2, 0.25) is 0 Å². The van der Waals surface area contributed by atoms with Gasteiger partial charge in [-0.15, -0.1) is 0 Å². The predicted octanol–water partition coefficient (Wildman–Crippen LogP) is 0.717. The molecule has 2 aromatic carbocycles. The number of fused-ring (bicyclic) bond motifs is 2. The second kappa shape index (κ2) is 10.1. The Balaban J connectivity index is 1.41. The van der Waals surface area contributed by atoms with Gasteiger partial charge in [0, 0.05) is 13.5 Å². The summed E-state index contributed by atoms with van der Waals surface area (Å²) in [4.78, 5) is 69.9. The van der Waals surface area contributed by atoms with E-state index in [0.29, 0.717) is 22.6 Å². The van der Waals surface area contributed by atoms with E-state index in [0.717, 1.165) is 10.5 Å². The van der Waals surface area contributed by atoms with Crippen LogP contribution in [0, 0.1) is 6.92 Å². The maximum absolute atomic E-state index is 13.2. The number of benzene rings is 2. The molecular formula is C25H19N7O8. The molecule has 0 aliphatic carbocycles. The molecule has 5 aromatic rings. The Labute approximate surface area is 222 Å². The van der Waals surface area contributed by atoms with Gasteiger partial charge in [0.1, 0.15) is 22.9 Å². The van der Waals surface area contributed by atoms with Gasteiger partial charge in [0.15, 0.2) is 11.5 Å². The lowest BCUT2D eigenvalue weighted by atomic mass is 10.0. The quantitative estimate of drug-likeness (QED) is 0.212. The number of rotatable bonds is 8. The molecule has 0 aliphatic rings. The van der Waals surface area contributed by atoms with Gasteiger partial charge in [0.05, 0.1) is 5.56 Å². The lowest BCUT2D eigenvalue weighted by Gasteiger charge is -2.16. The normalized spacial score (nSPS) is 11.8. The first kappa shape index (κ1) is 25.8. The Kier molecular flexibility index (Phi) is 6.53. The van der Waals surface area contributed by atoms with E-state index in [4.69, 9.17) is 15.3 Å². The maximum atomic E-state index is 13.2. The van der Waals surface area contributed by atoms with Crippen molar-refractivity contribution in [3.05, 3.63) is 93.1 Å². The molecule has 0 bridgehead atoms. The number of aromatic carboxylic acids is 1. The minimum Gasteiger partial charge on any atom is -0.478 e. The number of primary amides is 1. The molecule has 0 saturated carbocycles. The summed E-state index contributed by atoms with van der Waals surface area (Å²) in [5.74, 6) is -4.75. The summed E-state index contributed by atoms with van der Waals surface area (Å²) >= 11 is 0. The molecule has 1 atom stereocenters. The van der Waals surface area contributed by atoms with Gasteiger partial charge in [0.25, 0.3) is 17.6 Å². The average molecular weight is 545 g/mol. The highest BCUT2D eigenvalue weighted by atomic mass is 16.5. The molecule has 3 heterocycles. The molecule has 0 aliphatic heterocycles. The third-order valence-corrected chi connectivity index (χ3v) is 5.85. The van der Waals surface area contributed by atoms with E-state index in [-0.39, 0.29) is 29.1 Å². The van der Waals surface area contributed by atoms with Crippen molar-refractivity contribution in [1.82, 2.24) is 30.2 Å². The van der Waals surface area contributed by atoms with E-state index in [9.17, 15) is 24.0 Å². The molecule has 3 amide bonds. The molecule has 0 fully saturated rings. The van der Waals surface area contributed by atoms with Crippen molar-refractivity contribution in [2.24, 2.45) is 5.73 Å². The summed E-state index contributed by atoms with van der Waals surface area (Å²) in [6.45, 7) is 1.80. The van der Waals surface area contributed by atoms with Crippen LogP contribution in [-0.4, -0.2) is 48.3 Å². The number of nitrogens with one attached hydrogen (secondary N) is 2. The summed E-state index contributed by atoms with van der Waals surface area (Å²) in [7, 11) is 0. The van der Waals surface area contributed by atoms with Crippen molar-refractivity contribution in [2.75, 3.05) is 0 Å². The van der Waals surface area contributed by atoms with Crippen LogP contribution in [0.5, 0.6) is 0 Å². The fraction of sp³-hybridized carbons (Fsp3) is 0.120. The van der Waals surface area contributed by atoms with Gasteiger partial charge in [-0.1, -0.05) is 18.2 Å². The number of carbonyl (C=O) groups is 4. The van der Waals surface area contributed by atoms with Gasteiger partial charge >= 0.3 is 11.7 Å². The number of hydrogen-bond donors (Lipinski definition) is 4. The third-order valence-electron chi connectivity index (χ3n) is 5.85. The highest BCUT2D eigenvalue weighted by Crippen LogP contribution is 2.18. The van der Waals surface area contributed by atoms with Crippen LogP contribution in [-0.2, 0) is 11.3 Å². The highest BCUT2D eigenvalue weighted by molar-refractivity contribution is 6.00. The van der Waals surface area contributed by atoms with E-state index in [1.54, 1.807) is 25.1 Å². The largest absolute Gasteiger partial charge is 0.478 e. The number of carboxylic acid groups (broad SMARTS) is 1. The molecule has 15 nitrogen and oxygen atoms in total. The zero-order valence-electron chi connectivity index (χ0n) is 20.6. The van der Waals surface area contributed by atoms with Crippen LogP contribution in [0.15, 0.2) is 62.3 Å². The van der Waals surface area contributed by atoms with Crippen LogP contribution in [0.1, 0.15) is 54.4 Å². The van der Waals surface area contributed by atoms with E-state index in [1.807, 2.05) is 0 Å². The number of amides is 3. The smallest absolute Gasteiger partial charge is 0.448 e. The summed E-state index contributed by atoms with van der Waals surface area (Å²) < 4.78 is 10.8. The van der Waals surface area contributed by atoms with Crippen LogP contribution >= 0.6 is 0 Å². The van der Waals surface area contributed by atoms with E-state index >= 15 is 0 Å². The Morgan fingerprint density at radius 1 is 1.05 bits per heavy atom. The molecule has 0 spiro atoms. The topological polar surface area (TPSA) is 225 Å². The molecule has 0 unspecified atom stereocenters. The van der Waals surface area contributed by atoms with Crippen molar-refractivity contribution in [3.63, 3.8) is 0 Å². The molecule has 40 heavy (non-hydrogen) atoms. The van der Waals surface area contributed by atoms with Gasteiger partial charge in [0.2, 0.25) is 5.91 Å². The van der Waals surface area contributed by atoms with Crippen molar-refractivity contribution in [1.29, 1.82) is 0 Å². The lowest BCUT2D eigenvalue weighted by Crippen LogP contribution is -2.39. The van der Waals surface area contributed by atoms with Crippen LogP contribution in [0.3, 0.4) is 0 Å². The Morgan fingerprint density at radius 2 is 1.80 bits per heavy atom. The van der Waals surface area contributed by atoms with Crippen molar-refractivity contribution in [2.45, 2.75) is 19.5 Å². The summed E-state index contributed by atoms with van der Waals surface area (Å²) in [6, 6.07) is 9.92. The first-order chi connectivity index (χ1) is 19.1. The second-order valence-corrected chi connectivity index (χ2v) is 8.56. The van der Waals surface area contributed by atoms with Gasteiger partial charge in [-0.05, 0) is 46.6 Å². The lowest BCUT2D eigenvalue weighted by molar-refractivity contribution is -0.120. The minimum atomic E-state index is -1.40. The zero-order chi connectivity index (χ0) is 28.6. The van der Waals surface area contributed by atoms with Crippen LogP contribution in [0.25, 0.3) is 16.9 Å². The molecular weight excluding hydrogens is 526 g/mol. The summed E-state index contributed by atoms with van der Waals surface area (Å²) in [6.07, 6.45) is 0. The van der Waals surface area contributed by atoms with Crippen molar-refractivity contribution < 1.29 is 33.2 Å². The first-order valence-electron chi connectivity index (χ1n) is 11.6. The average Bonchev–Trinajstić information content (AvgIpc) is 3.50. The molecule has 15 heteroatoms. The zero-order valence-corrected chi connectivity index (χ0v) is 20.6. The first-order valence-corrected chi connectivity index (χ1v) is 11.6.